The summed E-state index contributed by atoms with van der Waals surface area (Å²) < 4.78 is 11.3. The molecule has 0 aliphatic carbocycles. The van der Waals surface area contributed by atoms with E-state index in [9.17, 15) is 4.79 Å². The van der Waals surface area contributed by atoms with Crippen molar-refractivity contribution >= 4 is 33.1 Å². The number of hydrogen-bond acceptors (Lipinski definition) is 7. The first kappa shape index (κ1) is 19.1. The summed E-state index contributed by atoms with van der Waals surface area (Å²) >= 11 is 1.44. The predicted molar refractivity (Wildman–Crippen MR) is 115 cm³/mol. The normalized spacial score (nSPS) is 11.0. The maximum Gasteiger partial charge on any atom is 0.336 e. The molecule has 0 radical (unpaired) electrons. The van der Waals surface area contributed by atoms with Crippen LogP contribution in [0.1, 0.15) is 28.6 Å². The topological polar surface area (TPSA) is 77.2 Å². The van der Waals surface area contributed by atoms with Crippen molar-refractivity contribution in [3.63, 3.8) is 0 Å². The van der Waals surface area contributed by atoms with Crippen molar-refractivity contribution in [2.75, 3.05) is 5.32 Å². The third kappa shape index (κ3) is 4.30. The van der Waals surface area contributed by atoms with Crippen molar-refractivity contribution in [2.24, 2.45) is 0 Å². The Morgan fingerprint density at radius 3 is 2.66 bits per heavy atom. The van der Waals surface area contributed by atoms with Crippen molar-refractivity contribution in [2.45, 2.75) is 33.8 Å². The fourth-order valence-corrected chi connectivity index (χ4v) is 3.74. The Hall–Kier alpha value is -3.19. The number of ether oxygens (including phenoxy) is 1. The van der Waals surface area contributed by atoms with E-state index in [0.29, 0.717) is 23.1 Å². The summed E-state index contributed by atoms with van der Waals surface area (Å²) in [4.78, 5) is 11.7. The van der Waals surface area contributed by atoms with Gasteiger partial charge in [0, 0.05) is 23.2 Å². The molecule has 0 spiro atoms. The Morgan fingerprint density at radius 1 is 1.10 bits per heavy atom. The number of hydrogen-bond donors (Lipinski definition) is 1. The number of nitrogens with one attached hydrogen (secondary N) is 1. The van der Waals surface area contributed by atoms with E-state index in [2.05, 4.69) is 22.4 Å². The molecular weight excluding hydrogens is 386 g/mol. The van der Waals surface area contributed by atoms with Gasteiger partial charge in [0.1, 0.15) is 17.9 Å². The lowest BCUT2D eigenvalue weighted by Gasteiger charge is -2.11. The lowest BCUT2D eigenvalue weighted by atomic mass is 10.1. The summed E-state index contributed by atoms with van der Waals surface area (Å²) in [7, 11) is 0. The average molecular weight is 407 g/mol. The smallest absolute Gasteiger partial charge is 0.336 e. The van der Waals surface area contributed by atoms with E-state index in [1.54, 1.807) is 6.07 Å². The molecule has 0 aliphatic rings. The zero-order valence-corrected chi connectivity index (χ0v) is 17.3. The van der Waals surface area contributed by atoms with Gasteiger partial charge in [-0.1, -0.05) is 36.0 Å². The van der Waals surface area contributed by atoms with E-state index >= 15 is 0 Å². The first-order chi connectivity index (χ1) is 14.0. The van der Waals surface area contributed by atoms with Crippen LogP contribution in [0.5, 0.6) is 5.75 Å². The van der Waals surface area contributed by atoms with E-state index in [0.717, 1.165) is 33.6 Å². The van der Waals surface area contributed by atoms with Crippen LogP contribution in [0.2, 0.25) is 0 Å². The van der Waals surface area contributed by atoms with E-state index < -0.39 is 0 Å². The molecule has 148 valence electrons. The molecule has 1 N–H and O–H groups in total. The van der Waals surface area contributed by atoms with Gasteiger partial charge < -0.3 is 14.5 Å². The molecule has 0 unspecified atom stereocenters. The Balaban J connectivity index is 1.51. The second-order valence-corrected chi connectivity index (χ2v) is 7.90. The van der Waals surface area contributed by atoms with Gasteiger partial charge in [0.2, 0.25) is 5.13 Å². The molecule has 6 nitrogen and oxygen atoms in total. The monoisotopic (exact) mass is 407 g/mol. The molecule has 0 atom stereocenters. The van der Waals surface area contributed by atoms with Crippen LogP contribution in [0, 0.1) is 13.8 Å². The minimum atomic E-state index is -0.360. The van der Waals surface area contributed by atoms with Crippen molar-refractivity contribution < 1.29 is 9.15 Å². The Bertz CT molecular complexity index is 1210. The molecule has 4 rings (SSSR count). The average Bonchev–Trinajstić information content (AvgIpc) is 3.14. The van der Waals surface area contributed by atoms with Crippen LogP contribution in [0.15, 0.2) is 51.7 Å². The SMILES string of the molecule is CCc1cc2c(C)cc(=O)oc2cc1OCc1nnc(Nc2ccc(C)cc2)s1. The zero-order chi connectivity index (χ0) is 20.4. The van der Waals surface area contributed by atoms with Crippen molar-refractivity contribution in [3.05, 3.63) is 74.6 Å². The fraction of sp³-hybridized carbons (Fsp3) is 0.227. The highest BCUT2D eigenvalue weighted by molar-refractivity contribution is 7.15. The summed E-state index contributed by atoms with van der Waals surface area (Å²) in [6.45, 7) is 6.32. The molecule has 0 bridgehead atoms. The van der Waals surface area contributed by atoms with Gasteiger partial charge in [0.15, 0.2) is 5.01 Å². The van der Waals surface area contributed by atoms with Gasteiger partial charge in [0.25, 0.3) is 0 Å². The quantitative estimate of drug-likeness (QED) is 0.446. The molecule has 0 saturated carbocycles. The molecule has 7 heteroatoms. The van der Waals surface area contributed by atoms with Gasteiger partial charge in [-0.15, -0.1) is 10.2 Å². The predicted octanol–water partition coefficient (Wildman–Crippen LogP) is 5.15. The summed E-state index contributed by atoms with van der Waals surface area (Å²) in [5.74, 6) is 0.692. The van der Waals surface area contributed by atoms with E-state index in [1.165, 1.54) is 23.0 Å². The second-order valence-electron chi connectivity index (χ2n) is 6.84. The molecule has 29 heavy (non-hydrogen) atoms. The highest BCUT2D eigenvalue weighted by Gasteiger charge is 2.11. The first-order valence-electron chi connectivity index (χ1n) is 9.38. The minimum Gasteiger partial charge on any atom is -0.486 e. The van der Waals surface area contributed by atoms with Gasteiger partial charge in [-0.3, -0.25) is 0 Å². The zero-order valence-electron chi connectivity index (χ0n) is 16.5. The number of rotatable bonds is 6. The Morgan fingerprint density at radius 2 is 1.90 bits per heavy atom. The fourth-order valence-electron chi connectivity index (χ4n) is 3.06. The van der Waals surface area contributed by atoms with Gasteiger partial charge in [-0.25, -0.2) is 4.79 Å². The van der Waals surface area contributed by atoms with Crippen LogP contribution in [0.3, 0.4) is 0 Å². The van der Waals surface area contributed by atoms with Crippen molar-refractivity contribution in [1.82, 2.24) is 10.2 Å². The summed E-state index contributed by atoms with van der Waals surface area (Å²) in [6, 6.07) is 13.4. The molecular formula is C22H21N3O3S. The van der Waals surface area contributed by atoms with Crippen LogP contribution in [0.25, 0.3) is 11.0 Å². The van der Waals surface area contributed by atoms with Crippen molar-refractivity contribution in [1.29, 1.82) is 0 Å². The number of fused-ring (bicyclic) bond motifs is 1. The number of aromatic nitrogens is 2. The molecule has 0 fully saturated rings. The van der Waals surface area contributed by atoms with E-state index in [1.807, 2.05) is 44.2 Å². The molecule has 0 saturated heterocycles. The molecule has 2 aromatic heterocycles. The lowest BCUT2D eigenvalue weighted by molar-refractivity contribution is 0.301. The second kappa shape index (κ2) is 8.05. The summed E-state index contributed by atoms with van der Waals surface area (Å²) in [6.07, 6.45) is 0.806. The summed E-state index contributed by atoms with van der Waals surface area (Å²) in [5.41, 5.74) is 4.29. The largest absolute Gasteiger partial charge is 0.486 e. The lowest BCUT2D eigenvalue weighted by Crippen LogP contribution is -2.01. The van der Waals surface area contributed by atoms with E-state index in [-0.39, 0.29) is 5.63 Å². The molecule has 0 aliphatic heterocycles. The summed E-state index contributed by atoms with van der Waals surface area (Å²) in [5, 5.41) is 14.0. The number of benzene rings is 2. The van der Waals surface area contributed by atoms with Gasteiger partial charge in [-0.05, 0) is 49.6 Å². The molecule has 2 heterocycles. The highest BCUT2D eigenvalue weighted by Crippen LogP contribution is 2.29. The van der Waals surface area contributed by atoms with Crippen LogP contribution in [-0.4, -0.2) is 10.2 Å². The van der Waals surface area contributed by atoms with Crippen LogP contribution < -0.4 is 15.7 Å². The number of nitrogens with zero attached hydrogens (tertiary/aromatic N) is 2. The maximum atomic E-state index is 11.7. The minimum absolute atomic E-state index is 0.293. The Kier molecular flexibility index (Phi) is 5.31. The van der Waals surface area contributed by atoms with Gasteiger partial charge in [-0.2, -0.15) is 0 Å². The molecule has 4 aromatic rings. The standard InChI is InChI=1S/C22H21N3O3S/c1-4-15-10-17-14(3)9-21(26)28-19(17)11-18(15)27-12-20-24-25-22(29-20)23-16-7-5-13(2)6-8-16/h5-11H,4,12H2,1-3H3,(H,23,25). The van der Waals surface area contributed by atoms with Crippen molar-refractivity contribution in [3.8, 4) is 5.75 Å². The maximum absolute atomic E-state index is 11.7. The Labute approximate surface area is 172 Å². The van der Waals surface area contributed by atoms with Crippen LogP contribution >= 0.6 is 11.3 Å². The molecule has 0 amide bonds. The first-order valence-corrected chi connectivity index (χ1v) is 10.2. The third-order valence-corrected chi connectivity index (χ3v) is 5.45. The van der Waals surface area contributed by atoms with Crippen LogP contribution in [-0.2, 0) is 13.0 Å². The van der Waals surface area contributed by atoms with Gasteiger partial charge in [0.05, 0.1) is 0 Å². The number of aryl methyl sites for hydroxylation is 3. The third-order valence-electron chi connectivity index (χ3n) is 4.63. The van der Waals surface area contributed by atoms with Gasteiger partial charge >= 0.3 is 5.63 Å². The highest BCUT2D eigenvalue weighted by atomic mass is 32.1. The van der Waals surface area contributed by atoms with Crippen LogP contribution in [0.4, 0.5) is 10.8 Å². The number of anilines is 2. The molecule has 2 aromatic carbocycles. The van der Waals surface area contributed by atoms with E-state index in [4.69, 9.17) is 9.15 Å².